The molecule has 28 heavy (non-hydrogen) atoms. The zero-order chi connectivity index (χ0) is 19.8. The van der Waals surface area contributed by atoms with Crippen LogP contribution in [0.1, 0.15) is 41.0 Å². The van der Waals surface area contributed by atoms with Gasteiger partial charge in [0.25, 0.3) is 5.91 Å². The molecule has 0 spiro atoms. The summed E-state index contributed by atoms with van der Waals surface area (Å²) in [5, 5.41) is 5.26. The fraction of sp³-hybridized carbons (Fsp3) is 0.600. The molecule has 150 valence electrons. The molecule has 8 nitrogen and oxygen atoms in total. The molecule has 8 heteroatoms. The summed E-state index contributed by atoms with van der Waals surface area (Å²) in [6.07, 6.45) is 3.39. The summed E-state index contributed by atoms with van der Waals surface area (Å²) in [4.78, 5) is 36.2. The normalized spacial score (nSPS) is 18.0. The Morgan fingerprint density at radius 1 is 0.893 bits per heavy atom. The van der Waals surface area contributed by atoms with Crippen LogP contribution >= 0.6 is 0 Å². The van der Waals surface area contributed by atoms with Crippen molar-refractivity contribution in [1.29, 1.82) is 0 Å². The van der Waals surface area contributed by atoms with E-state index in [0.717, 1.165) is 48.4 Å². The molecule has 2 aromatic heterocycles. The third-order valence-corrected chi connectivity index (χ3v) is 5.79. The van der Waals surface area contributed by atoms with Gasteiger partial charge in [0.2, 0.25) is 0 Å². The van der Waals surface area contributed by atoms with Gasteiger partial charge < -0.3 is 14.7 Å². The van der Waals surface area contributed by atoms with Crippen LogP contribution in [0.25, 0.3) is 11.0 Å². The minimum atomic E-state index is -0.00308. The molecule has 2 aliphatic rings. The predicted octanol–water partition coefficient (Wildman–Crippen LogP) is 1.95. The van der Waals surface area contributed by atoms with Crippen molar-refractivity contribution >= 4 is 23.0 Å². The number of hydrogen-bond acceptors (Lipinski definition) is 4. The van der Waals surface area contributed by atoms with Crippen molar-refractivity contribution < 1.29 is 9.59 Å². The Kier molecular flexibility index (Phi) is 4.95. The smallest absolute Gasteiger partial charge is 0.320 e. The van der Waals surface area contributed by atoms with Crippen LogP contribution in [0.2, 0.25) is 0 Å². The third-order valence-electron chi connectivity index (χ3n) is 5.79. The second-order valence-electron chi connectivity index (χ2n) is 7.83. The average Bonchev–Trinajstić information content (AvgIpc) is 3.00. The van der Waals surface area contributed by atoms with Gasteiger partial charge in [-0.25, -0.2) is 9.78 Å². The first kappa shape index (κ1) is 18.7. The Balaban J connectivity index is 1.49. The van der Waals surface area contributed by atoms with E-state index < -0.39 is 0 Å². The van der Waals surface area contributed by atoms with E-state index in [1.54, 1.807) is 4.68 Å². The fourth-order valence-corrected chi connectivity index (χ4v) is 4.29. The molecule has 0 saturated carbocycles. The van der Waals surface area contributed by atoms with Crippen LogP contribution in [-0.2, 0) is 7.05 Å². The number of pyridine rings is 1. The van der Waals surface area contributed by atoms with E-state index in [0.29, 0.717) is 31.7 Å². The Morgan fingerprint density at radius 2 is 1.50 bits per heavy atom. The molecule has 4 heterocycles. The van der Waals surface area contributed by atoms with Gasteiger partial charge in [0.05, 0.1) is 16.6 Å². The van der Waals surface area contributed by atoms with Crippen LogP contribution in [-0.4, -0.2) is 80.7 Å². The van der Waals surface area contributed by atoms with Crippen molar-refractivity contribution in [2.24, 2.45) is 7.05 Å². The predicted molar refractivity (Wildman–Crippen MR) is 106 cm³/mol. The monoisotopic (exact) mass is 384 g/mol. The number of aryl methyl sites for hydroxylation is 3. The molecule has 0 N–H and O–H groups in total. The third kappa shape index (κ3) is 3.31. The molecule has 2 saturated heterocycles. The summed E-state index contributed by atoms with van der Waals surface area (Å²) >= 11 is 0. The number of carbonyl (C=O) groups excluding carboxylic acids is 2. The first-order valence-corrected chi connectivity index (χ1v) is 10.1. The van der Waals surface area contributed by atoms with Gasteiger partial charge in [-0.2, -0.15) is 5.10 Å². The highest BCUT2D eigenvalue weighted by Gasteiger charge is 2.29. The molecule has 2 fully saturated rings. The lowest BCUT2D eigenvalue weighted by atomic mass is 10.1. The summed E-state index contributed by atoms with van der Waals surface area (Å²) in [6.45, 7) is 7.79. The molecule has 4 rings (SSSR count). The van der Waals surface area contributed by atoms with Crippen LogP contribution in [0, 0.1) is 13.8 Å². The van der Waals surface area contributed by atoms with Gasteiger partial charge in [-0.1, -0.05) is 0 Å². The zero-order valence-electron chi connectivity index (χ0n) is 16.9. The second-order valence-corrected chi connectivity index (χ2v) is 7.83. The molecule has 0 atom stereocenters. The van der Waals surface area contributed by atoms with E-state index in [9.17, 15) is 9.59 Å². The lowest BCUT2D eigenvalue weighted by Crippen LogP contribution is -2.54. The van der Waals surface area contributed by atoms with Crippen LogP contribution in [0.15, 0.2) is 6.07 Å². The standard InChI is InChI=1S/C20H28N6O2/c1-14-13-16(17-15(2)22-23(3)18(17)21-14)19(27)24-9-11-26(12-10-24)20(28)25-7-5-4-6-8-25/h13H,4-12H2,1-3H3. The van der Waals surface area contributed by atoms with Gasteiger partial charge in [0.15, 0.2) is 5.65 Å². The largest absolute Gasteiger partial charge is 0.335 e. The van der Waals surface area contributed by atoms with Crippen molar-refractivity contribution in [1.82, 2.24) is 29.5 Å². The minimum Gasteiger partial charge on any atom is -0.335 e. The van der Waals surface area contributed by atoms with Crippen molar-refractivity contribution in [2.45, 2.75) is 33.1 Å². The number of piperazine rings is 1. The SMILES string of the molecule is Cc1cc(C(=O)N2CCN(C(=O)N3CCCCC3)CC2)c2c(C)nn(C)c2n1. The van der Waals surface area contributed by atoms with Crippen LogP contribution in [0.3, 0.4) is 0 Å². The first-order chi connectivity index (χ1) is 13.5. The number of aromatic nitrogens is 3. The number of carbonyl (C=O) groups is 2. The maximum atomic E-state index is 13.3. The van der Waals surface area contributed by atoms with E-state index in [-0.39, 0.29) is 11.9 Å². The number of amides is 3. The molecule has 2 aromatic rings. The molecular weight excluding hydrogens is 356 g/mol. The van der Waals surface area contributed by atoms with Crippen molar-refractivity contribution in [3.05, 3.63) is 23.0 Å². The van der Waals surface area contributed by atoms with Crippen LogP contribution in [0.5, 0.6) is 0 Å². The summed E-state index contributed by atoms with van der Waals surface area (Å²) in [6, 6.07) is 1.97. The molecule has 0 aliphatic carbocycles. The average molecular weight is 384 g/mol. The van der Waals surface area contributed by atoms with Crippen molar-refractivity contribution in [2.75, 3.05) is 39.3 Å². The number of likely N-dealkylation sites (tertiary alicyclic amines) is 1. The molecular formula is C20H28N6O2. The molecule has 0 aromatic carbocycles. The van der Waals surface area contributed by atoms with Crippen molar-refractivity contribution in [3.63, 3.8) is 0 Å². The Hall–Kier alpha value is -2.64. The summed E-state index contributed by atoms with van der Waals surface area (Å²) in [5.41, 5.74) is 3.01. The van der Waals surface area contributed by atoms with Gasteiger partial charge in [0, 0.05) is 52.0 Å². The number of nitrogens with zero attached hydrogens (tertiary/aromatic N) is 6. The fourth-order valence-electron chi connectivity index (χ4n) is 4.29. The highest BCUT2D eigenvalue weighted by atomic mass is 16.2. The zero-order valence-corrected chi connectivity index (χ0v) is 16.9. The summed E-state index contributed by atoms with van der Waals surface area (Å²) in [7, 11) is 1.85. The van der Waals surface area contributed by atoms with E-state index in [4.69, 9.17) is 0 Å². The minimum absolute atomic E-state index is 0.00308. The van der Waals surface area contributed by atoms with E-state index >= 15 is 0 Å². The summed E-state index contributed by atoms with van der Waals surface area (Å²) in [5.74, 6) is -0.00308. The molecule has 3 amide bonds. The number of piperidine rings is 1. The van der Waals surface area contributed by atoms with Gasteiger partial charge in [-0.3, -0.25) is 9.48 Å². The van der Waals surface area contributed by atoms with Crippen LogP contribution < -0.4 is 0 Å². The Labute approximate surface area is 165 Å². The Bertz CT molecular complexity index is 907. The first-order valence-electron chi connectivity index (χ1n) is 10.1. The van der Waals surface area contributed by atoms with E-state index in [1.807, 2.05) is 41.7 Å². The van der Waals surface area contributed by atoms with Gasteiger partial charge in [-0.05, 0) is 39.2 Å². The second kappa shape index (κ2) is 7.41. The Morgan fingerprint density at radius 3 is 2.18 bits per heavy atom. The maximum absolute atomic E-state index is 13.3. The highest BCUT2D eigenvalue weighted by molar-refractivity contribution is 6.06. The van der Waals surface area contributed by atoms with Crippen LogP contribution in [0.4, 0.5) is 4.79 Å². The summed E-state index contributed by atoms with van der Waals surface area (Å²) < 4.78 is 1.73. The lowest BCUT2D eigenvalue weighted by molar-refractivity contribution is 0.0634. The van der Waals surface area contributed by atoms with E-state index in [1.165, 1.54) is 6.42 Å². The van der Waals surface area contributed by atoms with Gasteiger partial charge in [-0.15, -0.1) is 0 Å². The van der Waals surface area contributed by atoms with Crippen molar-refractivity contribution in [3.8, 4) is 0 Å². The van der Waals surface area contributed by atoms with E-state index in [2.05, 4.69) is 10.1 Å². The molecule has 0 radical (unpaired) electrons. The number of hydrogen-bond donors (Lipinski definition) is 0. The highest BCUT2D eigenvalue weighted by Crippen LogP contribution is 2.23. The van der Waals surface area contributed by atoms with Gasteiger partial charge >= 0.3 is 6.03 Å². The number of fused-ring (bicyclic) bond motifs is 1. The topological polar surface area (TPSA) is 74.6 Å². The number of urea groups is 1. The molecule has 2 aliphatic heterocycles. The molecule has 0 unspecified atom stereocenters. The molecule has 0 bridgehead atoms. The van der Waals surface area contributed by atoms with Gasteiger partial charge in [0.1, 0.15) is 0 Å². The number of rotatable bonds is 1. The maximum Gasteiger partial charge on any atom is 0.320 e. The lowest BCUT2D eigenvalue weighted by Gasteiger charge is -2.38. The quantitative estimate of drug-likeness (QED) is 0.753.